The second-order valence-electron chi connectivity index (χ2n) is 19.9. The first kappa shape index (κ1) is 40.4. The summed E-state index contributed by atoms with van der Waals surface area (Å²) in [6.07, 6.45) is 10.4. The molecule has 8 heterocycles. The zero-order chi connectivity index (χ0) is 43.5. The highest BCUT2D eigenvalue weighted by molar-refractivity contribution is 6.35. The van der Waals surface area contributed by atoms with Gasteiger partial charge in [0.1, 0.15) is 17.6 Å². The van der Waals surface area contributed by atoms with Gasteiger partial charge in [-0.3, -0.25) is 43.7 Å². The van der Waals surface area contributed by atoms with Gasteiger partial charge in [0.15, 0.2) is 0 Å². The molecule has 7 aliphatic heterocycles. The number of nitrogens with one attached hydrogen (secondary N) is 1. The van der Waals surface area contributed by atoms with E-state index < -0.39 is 11.9 Å². The predicted octanol–water partition coefficient (Wildman–Crippen LogP) is 5.57. The Balaban J connectivity index is 0.637. The molecule has 0 radical (unpaired) electrons. The molecule has 2 spiro atoms. The number of nitrogens with zero attached hydrogens (tertiary/aromatic N) is 6. The number of aromatic nitrogens is 2. The minimum absolute atomic E-state index is 0.194. The van der Waals surface area contributed by atoms with Crippen LogP contribution in [0, 0.1) is 0 Å². The van der Waals surface area contributed by atoms with Gasteiger partial charge in [0.25, 0.3) is 11.5 Å². The maximum Gasteiger partial charge on any atom is 0.282 e. The Labute approximate surface area is 377 Å². The molecule has 1 atom stereocenters. The van der Waals surface area contributed by atoms with Crippen LogP contribution in [0.2, 0.25) is 5.02 Å². The number of carbonyl (C=O) groups excluding carboxylic acids is 4. The van der Waals surface area contributed by atoms with Crippen molar-refractivity contribution in [3.63, 3.8) is 0 Å². The van der Waals surface area contributed by atoms with Crippen LogP contribution in [-0.2, 0) is 31.8 Å². The highest BCUT2D eigenvalue weighted by Crippen LogP contribution is 2.53. The van der Waals surface area contributed by atoms with Crippen molar-refractivity contribution in [1.82, 2.24) is 34.5 Å². The Morgan fingerprint density at radius 3 is 2.45 bits per heavy atom. The summed E-state index contributed by atoms with van der Waals surface area (Å²) >= 11 is 6.62. The van der Waals surface area contributed by atoms with Crippen LogP contribution in [0.15, 0.2) is 53.3 Å². The first-order valence-corrected chi connectivity index (χ1v) is 24.0. The number of carbonyl (C=O) groups is 4. The summed E-state index contributed by atoms with van der Waals surface area (Å²) in [5, 5.41) is 3.34. The number of rotatable bonds is 6. The van der Waals surface area contributed by atoms with Crippen LogP contribution in [0.5, 0.6) is 5.75 Å². The Morgan fingerprint density at radius 2 is 1.67 bits per heavy atom. The van der Waals surface area contributed by atoms with Crippen molar-refractivity contribution in [3.8, 4) is 11.4 Å². The van der Waals surface area contributed by atoms with Crippen LogP contribution in [0.3, 0.4) is 0 Å². The van der Waals surface area contributed by atoms with E-state index in [-0.39, 0.29) is 40.5 Å². The topological polar surface area (TPSA) is 137 Å². The molecule has 4 saturated heterocycles. The van der Waals surface area contributed by atoms with Crippen LogP contribution in [0.1, 0.15) is 121 Å². The number of hydrogen-bond acceptors (Lipinski definition) is 9. The number of likely N-dealkylation sites (tertiary alicyclic amines) is 3. The fourth-order valence-corrected chi connectivity index (χ4v) is 13.3. The maximum atomic E-state index is 13.5. The third kappa shape index (κ3) is 6.23. The molecular weight excluding hydrogens is 830 g/mol. The number of ether oxygens (including phenoxy) is 1. The molecule has 0 unspecified atom stereocenters. The number of halogens is 1. The van der Waals surface area contributed by atoms with Crippen LogP contribution < -0.4 is 15.6 Å². The summed E-state index contributed by atoms with van der Waals surface area (Å²) in [5.74, 6) is 1.43. The van der Waals surface area contributed by atoms with Gasteiger partial charge in [-0.15, -0.1) is 0 Å². The maximum absolute atomic E-state index is 13.5. The van der Waals surface area contributed by atoms with E-state index in [1.54, 1.807) is 11.0 Å². The molecule has 0 bridgehead atoms. The molecule has 4 aromatic rings. The minimum Gasteiger partial charge on any atom is -0.492 e. The van der Waals surface area contributed by atoms with Crippen molar-refractivity contribution >= 4 is 46.1 Å². The summed E-state index contributed by atoms with van der Waals surface area (Å²) in [6, 6.07) is 16.6. The van der Waals surface area contributed by atoms with E-state index in [0.717, 1.165) is 112 Å². The molecule has 13 nitrogen and oxygen atoms in total. The van der Waals surface area contributed by atoms with E-state index >= 15 is 0 Å². The van der Waals surface area contributed by atoms with E-state index in [2.05, 4.69) is 37.9 Å². The number of hydrogen-bond donors (Lipinski definition) is 1. The van der Waals surface area contributed by atoms with Gasteiger partial charge in [-0.25, -0.2) is 0 Å². The molecular formula is C50H54ClN7O6. The second kappa shape index (κ2) is 15.2. The lowest BCUT2D eigenvalue weighted by Gasteiger charge is -2.48. The molecule has 8 aliphatic rings. The first-order chi connectivity index (χ1) is 31.1. The van der Waals surface area contributed by atoms with Crippen LogP contribution in [0.25, 0.3) is 16.6 Å². The highest BCUT2D eigenvalue weighted by Gasteiger charge is 2.49. The van der Waals surface area contributed by atoms with Gasteiger partial charge < -0.3 is 14.5 Å². The standard InChI is InChI=1S/C50H54ClN7O6/c51-37-5-4-6-38-43(37)46(62)53-48-50(16-2-1-3-17-50)35-9-7-31(25-40(35)58(38)48)30-13-21-55(22-14-30)32-26-54(27-32)20-15-42(60)56-23-18-49(19-24-56)29-64-44-34-28-57(39-11-12-41(59)52-45(39)61)47(63)33(34)8-10-36(44)49/h4-10,25,30,32,39H,1-3,11-24,26-29H2,(H,52,59,61)/t39-/m0/s1. The fourth-order valence-electron chi connectivity index (χ4n) is 13.0. The van der Waals surface area contributed by atoms with E-state index in [9.17, 15) is 24.0 Å². The van der Waals surface area contributed by atoms with E-state index in [4.69, 9.17) is 21.3 Å². The van der Waals surface area contributed by atoms with Gasteiger partial charge in [0, 0.05) is 73.7 Å². The van der Waals surface area contributed by atoms with Crippen LogP contribution >= 0.6 is 11.6 Å². The van der Waals surface area contributed by atoms with E-state index in [1.807, 2.05) is 29.2 Å². The summed E-state index contributed by atoms with van der Waals surface area (Å²) in [4.78, 5) is 78.1. The summed E-state index contributed by atoms with van der Waals surface area (Å²) < 4.78 is 8.61. The van der Waals surface area contributed by atoms with Crippen LogP contribution in [0.4, 0.5) is 0 Å². The number of imide groups is 1. The van der Waals surface area contributed by atoms with Gasteiger partial charge >= 0.3 is 0 Å². The average Bonchev–Trinajstić information content (AvgIpc) is 3.91. The molecule has 14 heteroatoms. The molecule has 1 N–H and O–H groups in total. The first-order valence-electron chi connectivity index (χ1n) is 23.7. The predicted molar refractivity (Wildman–Crippen MR) is 240 cm³/mol. The van der Waals surface area contributed by atoms with Gasteiger partial charge in [0.05, 0.1) is 40.2 Å². The number of benzene rings is 3. The van der Waals surface area contributed by atoms with Gasteiger partial charge in [0.2, 0.25) is 17.7 Å². The van der Waals surface area contributed by atoms with Crippen LogP contribution in [-0.4, -0.2) is 117 Å². The Bertz CT molecular complexity index is 2710. The zero-order valence-corrected chi connectivity index (χ0v) is 37.0. The summed E-state index contributed by atoms with van der Waals surface area (Å²) in [7, 11) is 0. The minimum atomic E-state index is -0.661. The van der Waals surface area contributed by atoms with Crippen molar-refractivity contribution in [3.05, 3.63) is 97.5 Å². The van der Waals surface area contributed by atoms with Crippen molar-refractivity contribution in [2.45, 2.75) is 112 Å². The smallest absolute Gasteiger partial charge is 0.282 e. The van der Waals surface area contributed by atoms with E-state index in [0.29, 0.717) is 67.0 Å². The van der Waals surface area contributed by atoms with Crippen molar-refractivity contribution in [2.24, 2.45) is 0 Å². The summed E-state index contributed by atoms with van der Waals surface area (Å²) in [6.45, 7) is 7.08. The lowest BCUT2D eigenvalue weighted by molar-refractivity contribution is -0.137. The third-order valence-electron chi connectivity index (χ3n) is 16.7. The SMILES string of the molecule is O=C1CC[C@H](N2Cc3c(ccc4c3OCC43CCN(C(=O)CCN4CC(N5CCC(c6ccc7c(c6)-n6c(nc(=O)c8c(Cl)cccc86)C76CCCCC6)CC5)C4)CC3)C2=O)C(=O)N1. The molecule has 5 fully saturated rings. The second-order valence-corrected chi connectivity index (χ2v) is 20.3. The number of fused-ring (bicyclic) bond motifs is 11. The number of piperidine rings is 3. The van der Waals surface area contributed by atoms with Gasteiger partial charge in [-0.05, 0) is 99.3 Å². The van der Waals surface area contributed by atoms with Crippen molar-refractivity contribution < 1.29 is 23.9 Å². The Kier molecular flexibility index (Phi) is 9.62. The van der Waals surface area contributed by atoms with Gasteiger partial charge in [-0.2, -0.15) is 4.98 Å². The average molecular weight is 884 g/mol. The quantitative estimate of drug-likeness (QED) is 0.247. The molecule has 332 valence electrons. The van der Waals surface area contributed by atoms with Crippen molar-refractivity contribution in [1.29, 1.82) is 0 Å². The highest BCUT2D eigenvalue weighted by atomic mass is 35.5. The Morgan fingerprint density at radius 1 is 0.891 bits per heavy atom. The molecule has 3 aromatic carbocycles. The monoisotopic (exact) mass is 883 g/mol. The molecule has 64 heavy (non-hydrogen) atoms. The lowest BCUT2D eigenvalue weighted by atomic mass is 9.69. The molecule has 1 aromatic heterocycles. The molecule has 1 aliphatic carbocycles. The van der Waals surface area contributed by atoms with Gasteiger partial charge in [-0.1, -0.05) is 55.1 Å². The van der Waals surface area contributed by atoms with Crippen molar-refractivity contribution in [2.75, 3.05) is 52.4 Å². The molecule has 1 saturated carbocycles. The largest absolute Gasteiger partial charge is 0.492 e. The third-order valence-corrected chi connectivity index (χ3v) is 17.0. The normalized spacial score (nSPS) is 24.1. The molecule has 4 amide bonds. The lowest BCUT2D eigenvalue weighted by Crippen LogP contribution is -2.61. The molecule has 12 rings (SSSR count). The van der Waals surface area contributed by atoms with E-state index in [1.165, 1.54) is 23.2 Å². The fraction of sp³-hybridized carbons (Fsp3) is 0.520. The number of amides is 4. The zero-order valence-electron chi connectivity index (χ0n) is 36.2. The summed E-state index contributed by atoms with van der Waals surface area (Å²) in [5.41, 5.74) is 6.56. The Hall–Kier alpha value is -5.11.